The molecule has 5 heteroatoms. The molecule has 0 radical (unpaired) electrons. The molecule has 5 nitrogen and oxygen atoms in total. The van der Waals surface area contributed by atoms with E-state index in [1.54, 1.807) is 6.20 Å². The summed E-state index contributed by atoms with van der Waals surface area (Å²) in [6.45, 7) is 3.44. The first-order valence-electron chi connectivity index (χ1n) is 9.11. The fourth-order valence-electron chi connectivity index (χ4n) is 3.32. The van der Waals surface area contributed by atoms with Crippen molar-refractivity contribution < 1.29 is 9.59 Å². The van der Waals surface area contributed by atoms with Gasteiger partial charge in [-0.2, -0.15) is 0 Å². The third-order valence-corrected chi connectivity index (χ3v) is 4.85. The van der Waals surface area contributed by atoms with E-state index in [4.69, 9.17) is 0 Å². The molecule has 0 aliphatic carbocycles. The van der Waals surface area contributed by atoms with E-state index in [2.05, 4.69) is 17.2 Å². The number of fused-ring (bicyclic) bond motifs is 1. The number of unbranched alkanes of at least 4 members (excludes halogenated alkanes) is 1. The van der Waals surface area contributed by atoms with E-state index in [9.17, 15) is 9.59 Å². The largest absolute Gasteiger partial charge is 0.343 e. The zero-order valence-corrected chi connectivity index (χ0v) is 14.7. The number of likely N-dealkylation sites (tertiary alicyclic amines) is 1. The van der Waals surface area contributed by atoms with Gasteiger partial charge in [0.25, 0.3) is 0 Å². The van der Waals surface area contributed by atoms with Gasteiger partial charge in [0.15, 0.2) is 0 Å². The SMILES string of the molecule is CCCCC(=O)N1CCC(C(=O)Nc2cccc3cccnc23)CC1. The van der Waals surface area contributed by atoms with Gasteiger partial charge in [-0.05, 0) is 31.4 Å². The Morgan fingerprint density at radius 3 is 2.72 bits per heavy atom. The van der Waals surface area contributed by atoms with Crippen LogP contribution in [0.5, 0.6) is 0 Å². The van der Waals surface area contributed by atoms with Gasteiger partial charge in [-0.15, -0.1) is 0 Å². The van der Waals surface area contributed by atoms with Gasteiger partial charge >= 0.3 is 0 Å². The normalized spacial score (nSPS) is 15.3. The first-order valence-corrected chi connectivity index (χ1v) is 9.11. The Morgan fingerprint density at radius 1 is 1.20 bits per heavy atom. The number of nitrogens with zero attached hydrogens (tertiary/aromatic N) is 2. The molecule has 3 rings (SSSR count). The van der Waals surface area contributed by atoms with Crippen LogP contribution in [0.25, 0.3) is 10.9 Å². The number of hydrogen-bond acceptors (Lipinski definition) is 3. The van der Waals surface area contributed by atoms with Gasteiger partial charge in [-0.1, -0.05) is 31.5 Å². The fraction of sp³-hybridized carbons (Fsp3) is 0.450. The minimum Gasteiger partial charge on any atom is -0.343 e. The van der Waals surface area contributed by atoms with Crippen LogP contribution in [0.1, 0.15) is 39.0 Å². The number of nitrogens with one attached hydrogen (secondary N) is 1. The highest BCUT2D eigenvalue weighted by Crippen LogP contribution is 2.24. The third-order valence-electron chi connectivity index (χ3n) is 4.85. The molecule has 1 aromatic heterocycles. The lowest BCUT2D eigenvalue weighted by Crippen LogP contribution is -2.41. The maximum atomic E-state index is 12.6. The minimum atomic E-state index is -0.0470. The van der Waals surface area contributed by atoms with Crippen LogP contribution < -0.4 is 5.32 Å². The smallest absolute Gasteiger partial charge is 0.227 e. The number of para-hydroxylation sites is 1. The van der Waals surface area contributed by atoms with Crippen molar-refractivity contribution in [1.29, 1.82) is 0 Å². The number of hydrogen-bond donors (Lipinski definition) is 1. The summed E-state index contributed by atoms with van der Waals surface area (Å²) in [5.74, 6) is 0.201. The van der Waals surface area contributed by atoms with Crippen LogP contribution in [-0.4, -0.2) is 34.8 Å². The quantitative estimate of drug-likeness (QED) is 0.905. The Balaban J connectivity index is 1.59. The number of amides is 2. The topological polar surface area (TPSA) is 62.3 Å². The Bertz CT molecular complexity index is 746. The Labute approximate surface area is 148 Å². The number of rotatable bonds is 5. The third kappa shape index (κ3) is 4.16. The Morgan fingerprint density at radius 2 is 1.96 bits per heavy atom. The van der Waals surface area contributed by atoms with E-state index in [1.807, 2.05) is 35.2 Å². The van der Waals surface area contributed by atoms with Crippen LogP contribution in [0.15, 0.2) is 36.5 Å². The van der Waals surface area contributed by atoms with Crippen molar-refractivity contribution in [2.75, 3.05) is 18.4 Å². The molecule has 1 aliphatic heterocycles. The number of aromatic nitrogens is 1. The molecule has 2 aromatic rings. The zero-order chi connectivity index (χ0) is 17.6. The van der Waals surface area contributed by atoms with Gasteiger partial charge in [0, 0.05) is 37.0 Å². The van der Waals surface area contributed by atoms with Crippen molar-refractivity contribution in [2.45, 2.75) is 39.0 Å². The monoisotopic (exact) mass is 339 g/mol. The molecule has 0 bridgehead atoms. The van der Waals surface area contributed by atoms with Gasteiger partial charge in [0.2, 0.25) is 11.8 Å². The van der Waals surface area contributed by atoms with Gasteiger partial charge < -0.3 is 10.2 Å². The van der Waals surface area contributed by atoms with Crippen LogP contribution in [0, 0.1) is 5.92 Å². The van der Waals surface area contributed by atoms with E-state index in [0.717, 1.165) is 42.3 Å². The van der Waals surface area contributed by atoms with E-state index >= 15 is 0 Å². The molecule has 1 aliphatic rings. The first kappa shape index (κ1) is 17.4. The standard InChI is InChI=1S/C20H25N3O2/c1-2-3-9-18(24)23-13-10-16(11-14-23)20(25)22-17-8-4-6-15-7-5-12-21-19(15)17/h4-8,12,16H,2-3,9-11,13-14H2,1H3,(H,22,25). The maximum Gasteiger partial charge on any atom is 0.227 e. The number of anilines is 1. The Kier molecular flexibility index (Phi) is 5.64. The van der Waals surface area contributed by atoms with E-state index in [0.29, 0.717) is 19.5 Å². The summed E-state index contributed by atoms with van der Waals surface area (Å²) in [7, 11) is 0. The second kappa shape index (κ2) is 8.10. The van der Waals surface area contributed by atoms with E-state index in [-0.39, 0.29) is 17.7 Å². The molecule has 25 heavy (non-hydrogen) atoms. The predicted molar refractivity (Wildman–Crippen MR) is 99.2 cm³/mol. The second-order valence-corrected chi connectivity index (χ2v) is 6.63. The van der Waals surface area contributed by atoms with E-state index in [1.165, 1.54) is 0 Å². The van der Waals surface area contributed by atoms with Crippen molar-refractivity contribution in [2.24, 2.45) is 5.92 Å². The molecule has 0 atom stereocenters. The van der Waals surface area contributed by atoms with Crippen molar-refractivity contribution in [3.8, 4) is 0 Å². The molecule has 2 amide bonds. The van der Waals surface area contributed by atoms with E-state index < -0.39 is 0 Å². The summed E-state index contributed by atoms with van der Waals surface area (Å²) >= 11 is 0. The highest BCUT2D eigenvalue weighted by molar-refractivity contribution is 6.01. The van der Waals surface area contributed by atoms with Crippen LogP contribution in [0.2, 0.25) is 0 Å². The lowest BCUT2D eigenvalue weighted by Gasteiger charge is -2.31. The zero-order valence-electron chi connectivity index (χ0n) is 14.7. The van der Waals surface area contributed by atoms with Gasteiger partial charge in [-0.3, -0.25) is 14.6 Å². The summed E-state index contributed by atoms with van der Waals surface area (Å²) in [5, 5.41) is 4.04. The number of carbonyl (C=O) groups is 2. The molecule has 0 unspecified atom stereocenters. The highest BCUT2D eigenvalue weighted by atomic mass is 16.2. The molecule has 2 heterocycles. The van der Waals surface area contributed by atoms with Crippen molar-refractivity contribution in [3.05, 3.63) is 36.5 Å². The summed E-state index contributed by atoms with van der Waals surface area (Å²) < 4.78 is 0. The molecule has 0 spiro atoms. The number of benzene rings is 1. The lowest BCUT2D eigenvalue weighted by molar-refractivity contribution is -0.134. The first-order chi connectivity index (χ1) is 12.2. The molecule has 1 saturated heterocycles. The predicted octanol–water partition coefficient (Wildman–Crippen LogP) is 3.60. The number of carbonyl (C=O) groups excluding carboxylic acids is 2. The highest BCUT2D eigenvalue weighted by Gasteiger charge is 2.27. The number of pyridine rings is 1. The van der Waals surface area contributed by atoms with Crippen LogP contribution in [0.4, 0.5) is 5.69 Å². The van der Waals surface area contributed by atoms with Crippen LogP contribution >= 0.6 is 0 Å². The lowest BCUT2D eigenvalue weighted by atomic mass is 9.95. The molecule has 132 valence electrons. The molecule has 1 N–H and O–H groups in total. The summed E-state index contributed by atoms with van der Waals surface area (Å²) in [5.41, 5.74) is 1.56. The summed E-state index contributed by atoms with van der Waals surface area (Å²) in [4.78, 5) is 31.0. The summed E-state index contributed by atoms with van der Waals surface area (Å²) in [6, 6.07) is 9.67. The molecular formula is C20H25N3O2. The van der Waals surface area contributed by atoms with Crippen molar-refractivity contribution in [1.82, 2.24) is 9.88 Å². The van der Waals surface area contributed by atoms with Gasteiger partial charge in [-0.25, -0.2) is 0 Å². The maximum absolute atomic E-state index is 12.6. The van der Waals surface area contributed by atoms with Crippen LogP contribution in [0.3, 0.4) is 0 Å². The number of piperidine rings is 1. The van der Waals surface area contributed by atoms with Crippen molar-refractivity contribution >= 4 is 28.4 Å². The average Bonchev–Trinajstić information content (AvgIpc) is 2.66. The summed E-state index contributed by atoms with van der Waals surface area (Å²) in [6.07, 6.45) is 5.77. The Hall–Kier alpha value is -2.43. The fourth-order valence-corrected chi connectivity index (χ4v) is 3.32. The van der Waals surface area contributed by atoms with Gasteiger partial charge in [0.1, 0.15) is 0 Å². The minimum absolute atomic E-state index is 0.0267. The average molecular weight is 339 g/mol. The van der Waals surface area contributed by atoms with Crippen molar-refractivity contribution in [3.63, 3.8) is 0 Å². The van der Waals surface area contributed by atoms with Gasteiger partial charge in [0.05, 0.1) is 11.2 Å². The van der Waals surface area contributed by atoms with Crippen LogP contribution in [-0.2, 0) is 9.59 Å². The molecule has 1 fully saturated rings. The molecule has 0 saturated carbocycles. The second-order valence-electron chi connectivity index (χ2n) is 6.63. The molecular weight excluding hydrogens is 314 g/mol. The molecule has 1 aromatic carbocycles.